The molecule has 1 N–H and O–H groups in total. The molecule has 0 aliphatic carbocycles. The molecule has 4 nitrogen and oxygen atoms in total. The van der Waals surface area contributed by atoms with Crippen molar-refractivity contribution in [3.63, 3.8) is 0 Å². The van der Waals surface area contributed by atoms with Gasteiger partial charge < -0.3 is 5.32 Å². The first-order valence-corrected chi connectivity index (χ1v) is 6.50. The first-order valence-electron chi connectivity index (χ1n) is 6.12. The predicted octanol–water partition coefficient (Wildman–Crippen LogP) is 3.77. The van der Waals surface area contributed by atoms with E-state index in [-0.39, 0.29) is 5.69 Å². The van der Waals surface area contributed by atoms with Crippen LogP contribution in [0.3, 0.4) is 0 Å². The smallest absolute Gasteiger partial charge is 0.275 e. The number of benzene rings is 1. The van der Waals surface area contributed by atoms with Gasteiger partial charge in [-0.15, -0.1) is 0 Å². The van der Waals surface area contributed by atoms with Gasteiger partial charge in [0.25, 0.3) is 5.69 Å². The molecule has 0 aliphatic heterocycles. The van der Waals surface area contributed by atoms with E-state index < -0.39 is 4.92 Å². The Balaban J connectivity index is 2.81. The summed E-state index contributed by atoms with van der Waals surface area (Å²) in [6.07, 6.45) is 1.07. The summed E-state index contributed by atoms with van der Waals surface area (Å²) in [6, 6.07) is 5.06. The lowest BCUT2D eigenvalue weighted by molar-refractivity contribution is -0.385. The van der Waals surface area contributed by atoms with Crippen molar-refractivity contribution in [1.29, 1.82) is 0 Å². The highest BCUT2D eigenvalue weighted by Gasteiger charge is 2.18. The average Bonchev–Trinajstić information content (AvgIpc) is 2.35. The van der Waals surface area contributed by atoms with E-state index in [4.69, 9.17) is 11.6 Å². The third-order valence-electron chi connectivity index (χ3n) is 3.39. The second-order valence-corrected chi connectivity index (χ2v) is 4.96. The van der Waals surface area contributed by atoms with Gasteiger partial charge in [0.15, 0.2) is 0 Å². The van der Waals surface area contributed by atoms with E-state index in [1.54, 1.807) is 12.1 Å². The van der Waals surface area contributed by atoms with Gasteiger partial charge in [0.05, 0.1) is 15.5 Å². The minimum atomic E-state index is -0.392. The quantitative estimate of drug-likeness (QED) is 0.632. The topological polar surface area (TPSA) is 55.2 Å². The standard InChI is InChI=1S/C13H19ClN2O2/c1-4-9(2)10(3)15-8-11-12(14)6-5-7-13(11)16(17)18/h5-7,9-10,15H,4,8H2,1-3H3. The maximum Gasteiger partial charge on any atom is 0.275 e. The molecule has 1 aromatic carbocycles. The van der Waals surface area contributed by atoms with Crippen LogP contribution in [0.2, 0.25) is 5.02 Å². The minimum absolute atomic E-state index is 0.0753. The van der Waals surface area contributed by atoms with E-state index in [0.29, 0.717) is 29.1 Å². The molecular formula is C13H19ClN2O2. The van der Waals surface area contributed by atoms with E-state index in [1.165, 1.54) is 6.07 Å². The molecule has 0 bridgehead atoms. The Morgan fingerprint density at radius 3 is 2.67 bits per heavy atom. The molecule has 100 valence electrons. The van der Waals surface area contributed by atoms with Crippen LogP contribution in [0.5, 0.6) is 0 Å². The summed E-state index contributed by atoms with van der Waals surface area (Å²) < 4.78 is 0. The second kappa shape index (κ2) is 6.71. The lowest BCUT2D eigenvalue weighted by Gasteiger charge is -2.20. The Bertz CT molecular complexity index is 423. The van der Waals surface area contributed by atoms with Crippen molar-refractivity contribution >= 4 is 17.3 Å². The Hall–Kier alpha value is -1.13. The van der Waals surface area contributed by atoms with Crippen LogP contribution in [0, 0.1) is 16.0 Å². The van der Waals surface area contributed by atoms with Gasteiger partial charge in [-0.1, -0.05) is 37.9 Å². The van der Waals surface area contributed by atoms with Crippen LogP contribution in [0.25, 0.3) is 0 Å². The van der Waals surface area contributed by atoms with Crippen molar-refractivity contribution in [3.8, 4) is 0 Å². The average molecular weight is 271 g/mol. The maximum atomic E-state index is 10.9. The molecule has 0 saturated carbocycles. The number of rotatable bonds is 6. The molecule has 1 rings (SSSR count). The molecule has 1 aromatic rings. The van der Waals surface area contributed by atoms with Gasteiger partial charge in [0, 0.05) is 18.7 Å². The van der Waals surface area contributed by atoms with Gasteiger partial charge in [-0.05, 0) is 18.9 Å². The molecule has 0 spiro atoms. The zero-order chi connectivity index (χ0) is 13.7. The summed E-state index contributed by atoms with van der Waals surface area (Å²) in [5.74, 6) is 0.520. The fourth-order valence-corrected chi connectivity index (χ4v) is 1.95. The van der Waals surface area contributed by atoms with Crippen LogP contribution in [-0.2, 0) is 6.54 Å². The highest BCUT2D eigenvalue weighted by molar-refractivity contribution is 6.31. The monoisotopic (exact) mass is 270 g/mol. The molecule has 2 unspecified atom stereocenters. The van der Waals surface area contributed by atoms with E-state index in [1.807, 2.05) is 0 Å². The summed E-state index contributed by atoms with van der Waals surface area (Å²) >= 11 is 6.03. The van der Waals surface area contributed by atoms with E-state index in [0.717, 1.165) is 6.42 Å². The van der Waals surface area contributed by atoms with E-state index in [9.17, 15) is 10.1 Å². The Morgan fingerprint density at radius 1 is 1.44 bits per heavy atom. The summed E-state index contributed by atoms with van der Waals surface area (Å²) in [6.45, 7) is 6.78. The van der Waals surface area contributed by atoms with Gasteiger partial charge in [-0.25, -0.2) is 0 Å². The molecule has 0 fully saturated rings. The Labute approximate surface area is 112 Å². The largest absolute Gasteiger partial charge is 0.310 e. The van der Waals surface area contributed by atoms with Crippen molar-refractivity contribution in [1.82, 2.24) is 5.32 Å². The third kappa shape index (κ3) is 3.68. The summed E-state index contributed by atoms with van der Waals surface area (Å²) in [5, 5.41) is 14.7. The molecule has 0 saturated heterocycles. The van der Waals surface area contributed by atoms with Gasteiger partial charge in [0.1, 0.15) is 0 Å². The summed E-state index contributed by atoms with van der Waals surface area (Å²) in [5.41, 5.74) is 0.630. The number of nitro groups is 1. The number of halogens is 1. The van der Waals surface area contributed by atoms with E-state index in [2.05, 4.69) is 26.1 Å². The van der Waals surface area contributed by atoms with Crippen molar-refractivity contribution in [2.75, 3.05) is 0 Å². The van der Waals surface area contributed by atoms with Crippen LogP contribution in [0.4, 0.5) is 5.69 Å². The molecule has 5 heteroatoms. The van der Waals surface area contributed by atoms with Crippen LogP contribution < -0.4 is 5.32 Å². The van der Waals surface area contributed by atoms with Gasteiger partial charge in [-0.3, -0.25) is 10.1 Å². The fraction of sp³-hybridized carbons (Fsp3) is 0.538. The lowest BCUT2D eigenvalue weighted by Crippen LogP contribution is -2.31. The van der Waals surface area contributed by atoms with Crippen LogP contribution >= 0.6 is 11.6 Å². The predicted molar refractivity (Wildman–Crippen MR) is 73.9 cm³/mol. The fourth-order valence-electron chi connectivity index (χ4n) is 1.71. The molecular weight excluding hydrogens is 252 g/mol. The summed E-state index contributed by atoms with van der Waals surface area (Å²) in [7, 11) is 0. The zero-order valence-corrected chi connectivity index (χ0v) is 11.7. The SMILES string of the molecule is CCC(C)C(C)NCc1c(Cl)cccc1[N+](=O)[O-]. The highest BCUT2D eigenvalue weighted by atomic mass is 35.5. The number of hydrogen-bond acceptors (Lipinski definition) is 3. The number of hydrogen-bond donors (Lipinski definition) is 1. The maximum absolute atomic E-state index is 10.9. The third-order valence-corrected chi connectivity index (χ3v) is 3.74. The minimum Gasteiger partial charge on any atom is -0.310 e. The molecule has 0 aromatic heterocycles. The van der Waals surface area contributed by atoms with Crippen molar-refractivity contribution in [3.05, 3.63) is 38.9 Å². The molecule has 0 heterocycles. The highest BCUT2D eigenvalue weighted by Crippen LogP contribution is 2.26. The van der Waals surface area contributed by atoms with E-state index >= 15 is 0 Å². The van der Waals surface area contributed by atoms with Gasteiger partial charge in [-0.2, -0.15) is 0 Å². The summed E-state index contributed by atoms with van der Waals surface area (Å²) in [4.78, 5) is 10.5. The first kappa shape index (κ1) is 14.9. The van der Waals surface area contributed by atoms with Crippen LogP contribution in [0.1, 0.15) is 32.8 Å². The molecule has 0 aliphatic rings. The van der Waals surface area contributed by atoms with Crippen molar-refractivity contribution in [2.45, 2.75) is 39.8 Å². The zero-order valence-electron chi connectivity index (χ0n) is 10.9. The van der Waals surface area contributed by atoms with Crippen LogP contribution in [0.15, 0.2) is 18.2 Å². The normalized spacial score (nSPS) is 14.2. The Morgan fingerprint density at radius 2 is 2.11 bits per heavy atom. The molecule has 18 heavy (non-hydrogen) atoms. The van der Waals surface area contributed by atoms with Crippen LogP contribution in [-0.4, -0.2) is 11.0 Å². The molecule has 0 radical (unpaired) electrons. The van der Waals surface area contributed by atoms with Gasteiger partial charge >= 0.3 is 0 Å². The first-order chi connectivity index (χ1) is 8.47. The number of nitro benzene ring substituents is 1. The van der Waals surface area contributed by atoms with Crippen molar-refractivity contribution in [2.24, 2.45) is 5.92 Å². The lowest BCUT2D eigenvalue weighted by atomic mass is 10.0. The number of nitrogens with zero attached hydrogens (tertiary/aromatic N) is 1. The van der Waals surface area contributed by atoms with Crippen molar-refractivity contribution < 1.29 is 4.92 Å². The number of nitrogens with one attached hydrogen (secondary N) is 1. The Kier molecular flexibility index (Phi) is 5.56. The second-order valence-electron chi connectivity index (χ2n) is 4.55. The van der Waals surface area contributed by atoms with Gasteiger partial charge in [0.2, 0.25) is 0 Å². The molecule has 2 atom stereocenters. The molecule has 0 amide bonds.